The van der Waals surface area contributed by atoms with E-state index in [2.05, 4.69) is 17.2 Å². The first-order valence-electron chi connectivity index (χ1n) is 8.00. The maximum absolute atomic E-state index is 12.2. The maximum atomic E-state index is 12.2. The third kappa shape index (κ3) is 2.54. The number of para-hydroxylation sites is 2. The molecule has 0 spiro atoms. The number of allylic oxidation sites excluding steroid dienone is 1. The average Bonchev–Trinajstić information content (AvgIpc) is 3.11. The van der Waals surface area contributed by atoms with Gasteiger partial charge in [-0.3, -0.25) is 4.79 Å². The lowest BCUT2D eigenvalue weighted by atomic mass is 10.2. The zero-order valence-corrected chi connectivity index (χ0v) is 13.4. The number of rotatable bonds is 4. The van der Waals surface area contributed by atoms with Crippen LogP contribution in [0, 0.1) is 0 Å². The third-order valence-corrected chi connectivity index (χ3v) is 4.29. The van der Waals surface area contributed by atoms with E-state index in [0.717, 1.165) is 48.4 Å². The zero-order valence-electron chi connectivity index (χ0n) is 13.4. The van der Waals surface area contributed by atoms with E-state index in [-0.39, 0.29) is 11.9 Å². The fraction of sp³-hybridized carbons (Fsp3) is 0.444. The lowest BCUT2D eigenvalue weighted by Gasteiger charge is -2.25. The number of imidazole rings is 1. The van der Waals surface area contributed by atoms with Gasteiger partial charge >= 0.3 is 0 Å². The van der Waals surface area contributed by atoms with E-state index in [0.29, 0.717) is 6.42 Å². The Kier molecular flexibility index (Phi) is 4.01. The molecule has 22 heavy (non-hydrogen) atoms. The van der Waals surface area contributed by atoms with Crippen molar-refractivity contribution in [3.8, 4) is 0 Å². The molecule has 1 aromatic heterocycles. The van der Waals surface area contributed by atoms with E-state index in [1.807, 2.05) is 36.9 Å². The Hall–Kier alpha value is -2.10. The number of carbonyl (C=O) groups excluding carboxylic acids is 1. The molecule has 1 unspecified atom stereocenters. The Balaban J connectivity index is 2.09. The molecule has 0 bridgehead atoms. The highest BCUT2D eigenvalue weighted by atomic mass is 16.2. The molecule has 0 N–H and O–H groups in total. The summed E-state index contributed by atoms with van der Waals surface area (Å²) in [5.74, 6) is 1.22. The minimum atomic E-state index is 0.0965. The third-order valence-electron chi connectivity index (χ3n) is 4.29. The lowest BCUT2D eigenvalue weighted by Crippen LogP contribution is -2.31. The normalized spacial score (nSPS) is 18.1. The number of amides is 1. The van der Waals surface area contributed by atoms with E-state index in [4.69, 9.17) is 4.98 Å². The van der Waals surface area contributed by atoms with E-state index in [1.54, 1.807) is 0 Å². The highest BCUT2D eigenvalue weighted by molar-refractivity contribution is 5.78. The van der Waals surface area contributed by atoms with Crippen LogP contribution < -0.4 is 0 Å². The van der Waals surface area contributed by atoms with E-state index < -0.39 is 0 Å². The van der Waals surface area contributed by atoms with Crippen molar-refractivity contribution in [2.75, 3.05) is 6.54 Å². The Morgan fingerprint density at radius 2 is 2.18 bits per heavy atom. The van der Waals surface area contributed by atoms with E-state index >= 15 is 0 Å². The van der Waals surface area contributed by atoms with E-state index in [1.165, 1.54) is 0 Å². The first kappa shape index (κ1) is 14.8. The molecule has 1 aliphatic heterocycles. The predicted molar refractivity (Wildman–Crippen MR) is 88.5 cm³/mol. The van der Waals surface area contributed by atoms with Crippen molar-refractivity contribution >= 4 is 16.9 Å². The summed E-state index contributed by atoms with van der Waals surface area (Å²) in [5.41, 5.74) is 3.21. The Morgan fingerprint density at radius 1 is 1.41 bits per heavy atom. The largest absolute Gasteiger partial charge is 0.333 e. The van der Waals surface area contributed by atoms with Gasteiger partial charge < -0.3 is 9.47 Å². The van der Waals surface area contributed by atoms with Crippen LogP contribution in [0.2, 0.25) is 0 Å². The molecule has 0 aliphatic carbocycles. The quantitative estimate of drug-likeness (QED) is 0.807. The van der Waals surface area contributed by atoms with Gasteiger partial charge in [0.2, 0.25) is 5.91 Å². The molecule has 116 valence electrons. The van der Waals surface area contributed by atoms with Gasteiger partial charge in [0.05, 0.1) is 17.1 Å². The van der Waals surface area contributed by atoms with Gasteiger partial charge in [0.25, 0.3) is 0 Å². The lowest BCUT2D eigenvalue weighted by molar-refractivity contribution is -0.131. The summed E-state index contributed by atoms with van der Waals surface area (Å²) in [6.45, 7) is 9.59. The molecular formula is C18H23N3O. The van der Waals surface area contributed by atoms with Crippen molar-refractivity contribution in [1.82, 2.24) is 14.5 Å². The SMILES string of the molecule is C=C(C)Cn1c(C2CCCN2C(=O)CC)nc2ccccc21. The van der Waals surface area contributed by atoms with Crippen LogP contribution >= 0.6 is 0 Å². The molecule has 0 radical (unpaired) electrons. The number of carbonyl (C=O) groups is 1. The van der Waals surface area contributed by atoms with Crippen molar-refractivity contribution in [2.24, 2.45) is 0 Å². The topological polar surface area (TPSA) is 38.1 Å². The molecule has 2 heterocycles. The second-order valence-electron chi connectivity index (χ2n) is 6.10. The first-order chi connectivity index (χ1) is 10.6. The molecule has 2 aromatic rings. The van der Waals surface area contributed by atoms with Gasteiger partial charge in [-0.05, 0) is 31.9 Å². The molecule has 0 saturated carbocycles. The number of likely N-dealkylation sites (tertiary alicyclic amines) is 1. The number of benzene rings is 1. The molecule has 1 aromatic carbocycles. The van der Waals surface area contributed by atoms with Crippen LogP contribution in [0.5, 0.6) is 0 Å². The summed E-state index contributed by atoms with van der Waals surface area (Å²) < 4.78 is 2.23. The summed E-state index contributed by atoms with van der Waals surface area (Å²) >= 11 is 0. The molecule has 3 rings (SSSR count). The van der Waals surface area contributed by atoms with Crippen molar-refractivity contribution in [3.63, 3.8) is 0 Å². The summed E-state index contributed by atoms with van der Waals surface area (Å²) in [5, 5.41) is 0. The Labute approximate surface area is 131 Å². The molecule has 4 heteroatoms. The molecule has 4 nitrogen and oxygen atoms in total. The summed E-state index contributed by atoms with van der Waals surface area (Å²) in [7, 11) is 0. The van der Waals surface area contributed by atoms with Gasteiger partial charge in [-0.2, -0.15) is 0 Å². The number of aromatic nitrogens is 2. The average molecular weight is 297 g/mol. The molecule has 1 saturated heterocycles. The van der Waals surface area contributed by atoms with Crippen LogP contribution in [0.4, 0.5) is 0 Å². The van der Waals surface area contributed by atoms with Crippen LogP contribution in [0.25, 0.3) is 11.0 Å². The monoisotopic (exact) mass is 297 g/mol. The fourth-order valence-electron chi connectivity index (χ4n) is 3.32. The zero-order chi connectivity index (χ0) is 15.7. The maximum Gasteiger partial charge on any atom is 0.222 e. The smallest absolute Gasteiger partial charge is 0.222 e. The minimum Gasteiger partial charge on any atom is -0.333 e. The molecule has 1 fully saturated rings. The second-order valence-corrected chi connectivity index (χ2v) is 6.10. The number of hydrogen-bond donors (Lipinski definition) is 0. The molecule has 1 amide bonds. The molecule has 1 atom stereocenters. The van der Waals surface area contributed by atoms with Crippen LogP contribution in [-0.4, -0.2) is 26.9 Å². The molecular weight excluding hydrogens is 274 g/mol. The summed E-state index contributed by atoms with van der Waals surface area (Å²) in [4.78, 5) is 19.1. The number of hydrogen-bond acceptors (Lipinski definition) is 2. The molecule has 1 aliphatic rings. The van der Waals surface area contributed by atoms with Gasteiger partial charge in [0, 0.05) is 19.5 Å². The van der Waals surface area contributed by atoms with Gasteiger partial charge in [0.1, 0.15) is 5.82 Å². The minimum absolute atomic E-state index is 0.0965. The second kappa shape index (κ2) is 5.95. The van der Waals surface area contributed by atoms with Crippen LogP contribution in [0.3, 0.4) is 0 Å². The van der Waals surface area contributed by atoms with Crippen LogP contribution in [0.1, 0.15) is 45.0 Å². The van der Waals surface area contributed by atoms with Crippen LogP contribution in [0.15, 0.2) is 36.4 Å². The van der Waals surface area contributed by atoms with Gasteiger partial charge in [-0.15, -0.1) is 0 Å². The summed E-state index contributed by atoms with van der Waals surface area (Å²) in [6, 6.07) is 8.27. The Morgan fingerprint density at radius 3 is 2.91 bits per heavy atom. The van der Waals surface area contributed by atoms with Crippen molar-refractivity contribution in [2.45, 2.75) is 45.7 Å². The first-order valence-corrected chi connectivity index (χ1v) is 8.00. The highest BCUT2D eigenvalue weighted by Gasteiger charge is 2.32. The van der Waals surface area contributed by atoms with Gasteiger partial charge in [-0.1, -0.05) is 31.2 Å². The standard InChI is InChI=1S/C18H23N3O/c1-4-17(22)20-11-7-10-16(20)18-19-14-8-5-6-9-15(14)21(18)12-13(2)3/h5-6,8-9,16H,2,4,7,10-12H2,1,3H3. The summed E-state index contributed by atoms with van der Waals surface area (Å²) in [6.07, 6.45) is 2.59. The van der Waals surface area contributed by atoms with Crippen molar-refractivity contribution in [1.29, 1.82) is 0 Å². The van der Waals surface area contributed by atoms with Crippen LogP contribution in [-0.2, 0) is 11.3 Å². The Bertz CT molecular complexity index is 716. The predicted octanol–water partition coefficient (Wildman–Crippen LogP) is 3.69. The number of fused-ring (bicyclic) bond motifs is 1. The van der Waals surface area contributed by atoms with E-state index in [9.17, 15) is 4.79 Å². The van der Waals surface area contributed by atoms with Gasteiger partial charge in [0.15, 0.2) is 0 Å². The van der Waals surface area contributed by atoms with Crippen molar-refractivity contribution in [3.05, 3.63) is 42.2 Å². The fourth-order valence-corrected chi connectivity index (χ4v) is 3.32. The highest BCUT2D eigenvalue weighted by Crippen LogP contribution is 2.34. The van der Waals surface area contributed by atoms with Gasteiger partial charge in [-0.25, -0.2) is 4.98 Å². The number of nitrogens with zero attached hydrogens (tertiary/aromatic N) is 3. The van der Waals surface area contributed by atoms with Crippen molar-refractivity contribution < 1.29 is 4.79 Å².